The lowest BCUT2D eigenvalue weighted by Gasteiger charge is -2.12. The molecule has 0 aliphatic heterocycles. The van der Waals surface area contributed by atoms with E-state index in [1.54, 1.807) is 30.5 Å². The van der Waals surface area contributed by atoms with Crippen molar-refractivity contribution in [3.8, 4) is 0 Å². The van der Waals surface area contributed by atoms with Crippen LogP contribution in [0.2, 0.25) is 0 Å². The highest BCUT2D eigenvalue weighted by atomic mass is 32.2. The largest absolute Gasteiger partial charge is 0.263 e. The number of aromatic nitrogens is 1. The zero-order valence-electron chi connectivity index (χ0n) is 11.1. The van der Waals surface area contributed by atoms with Crippen molar-refractivity contribution in [1.82, 2.24) is 4.98 Å². The standard InChI is InChI=1S/C14H16N2O2S/c1-10-7-8-13(12(3)11(10)2)19(17,18)16-14-6-4-5-9-15-14/h4-9H,1-3H3,(H,15,16). The maximum absolute atomic E-state index is 12.3. The molecule has 0 fully saturated rings. The van der Waals surface area contributed by atoms with E-state index in [9.17, 15) is 8.42 Å². The maximum Gasteiger partial charge on any atom is 0.263 e. The van der Waals surface area contributed by atoms with Gasteiger partial charge < -0.3 is 0 Å². The number of benzene rings is 1. The van der Waals surface area contributed by atoms with Crippen molar-refractivity contribution in [2.45, 2.75) is 25.7 Å². The molecule has 2 rings (SSSR count). The van der Waals surface area contributed by atoms with Crippen molar-refractivity contribution < 1.29 is 8.42 Å². The highest BCUT2D eigenvalue weighted by Gasteiger charge is 2.18. The Morgan fingerprint density at radius 3 is 2.37 bits per heavy atom. The molecule has 1 N–H and O–H groups in total. The first-order valence-corrected chi connectivity index (χ1v) is 7.41. The summed E-state index contributed by atoms with van der Waals surface area (Å²) in [6.07, 6.45) is 1.55. The predicted octanol–water partition coefficient (Wildman–Crippen LogP) is 2.81. The third-order valence-electron chi connectivity index (χ3n) is 3.20. The molecule has 1 aromatic heterocycles. The second-order valence-electron chi connectivity index (χ2n) is 4.45. The van der Waals surface area contributed by atoms with E-state index in [1.165, 1.54) is 0 Å². The van der Waals surface area contributed by atoms with E-state index in [1.807, 2.05) is 26.8 Å². The van der Waals surface area contributed by atoms with Gasteiger partial charge in [-0.25, -0.2) is 13.4 Å². The van der Waals surface area contributed by atoms with Gasteiger partial charge in [0.05, 0.1) is 4.90 Å². The third-order valence-corrected chi connectivity index (χ3v) is 4.70. The number of rotatable bonds is 3. The van der Waals surface area contributed by atoms with Gasteiger partial charge in [-0.2, -0.15) is 0 Å². The van der Waals surface area contributed by atoms with Gasteiger partial charge in [-0.15, -0.1) is 0 Å². The van der Waals surface area contributed by atoms with Crippen molar-refractivity contribution in [2.24, 2.45) is 0 Å². The Morgan fingerprint density at radius 2 is 1.74 bits per heavy atom. The first kappa shape index (κ1) is 13.5. The van der Waals surface area contributed by atoms with Gasteiger partial charge in [-0.1, -0.05) is 12.1 Å². The summed E-state index contributed by atoms with van der Waals surface area (Å²) < 4.78 is 27.2. The van der Waals surface area contributed by atoms with Crippen molar-refractivity contribution >= 4 is 15.8 Å². The number of nitrogens with one attached hydrogen (secondary N) is 1. The monoisotopic (exact) mass is 276 g/mol. The van der Waals surface area contributed by atoms with Crippen molar-refractivity contribution in [3.63, 3.8) is 0 Å². The molecule has 0 spiro atoms. The van der Waals surface area contributed by atoms with E-state index in [2.05, 4.69) is 9.71 Å². The van der Waals surface area contributed by atoms with Gasteiger partial charge in [0.1, 0.15) is 5.82 Å². The molecule has 5 heteroatoms. The summed E-state index contributed by atoms with van der Waals surface area (Å²) in [6.45, 7) is 5.70. The lowest BCUT2D eigenvalue weighted by Crippen LogP contribution is -2.15. The topological polar surface area (TPSA) is 59.1 Å². The molecule has 0 aliphatic carbocycles. The molecule has 0 bridgehead atoms. The smallest absolute Gasteiger partial charge is 0.263 e. The van der Waals surface area contributed by atoms with Crippen LogP contribution < -0.4 is 4.72 Å². The minimum absolute atomic E-state index is 0.293. The molecule has 100 valence electrons. The quantitative estimate of drug-likeness (QED) is 0.937. The highest BCUT2D eigenvalue weighted by molar-refractivity contribution is 7.92. The van der Waals surface area contributed by atoms with Gasteiger partial charge in [0.25, 0.3) is 10.0 Å². The van der Waals surface area contributed by atoms with Crippen molar-refractivity contribution in [2.75, 3.05) is 4.72 Å². The second kappa shape index (κ2) is 5.01. The van der Waals surface area contributed by atoms with Crippen molar-refractivity contribution in [1.29, 1.82) is 0 Å². The van der Waals surface area contributed by atoms with E-state index >= 15 is 0 Å². The van der Waals surface area contributed by atoms with E-state index in [0.29, 0.717) is 10.7 Å². The molecule has 0 amide bonds. The lowest BCUT2D eigenvalue weighted by atomic mass is 10.1. The van der Waals surface area contributed by atoms with Gasteiger partial charge in [0, 0.05) is 6.20 Å². The first-order valence-electron chi connectivity index (χ1n) is 5.92. The number of nitrogens with zero attached hydrogens (tertiary/aromatic N) is 1. The molecule has 19 heavy (non-hydrogen) atoms. The SMILES string of the molecule is Cc1ccc(S(=O)(=O)Nc2ccccn2)c(C)c1C. The Kier molecular flexibility index (Phi) is 3.57. The molecule has 1 aromatic carbocycles. The minimum atomic E-state index is -3.60. The fraction of sp³-hybridized carbons (Fsp3) is 0.214. The van der Waals surface area contributed by atoms with Gasteiger partial charge in [0.15, 0.2) is 0 Å². The Bertz CT molecular complexity index is 695. The summed E-state index contributed by atoms with van der Waals surface area (Å²) >= 11 is 0. The fourth-order valence-corrected chi connectivity index (χ4v) is 3.15. The molecule has 0 unspecified atom stereocenters. The number of pyridine rings is 1. The molecule has 0 saturated heterocycles. The van der Waals surface area contributed by atoms with Gasteiger partial charge in [-0.05, 0) is 55.7 Å². The summed E-state index contributed by atoms with van der Waals surface area (Å²) in [6, 6.07) is 8.53. The average Bonchev–Trinajstić information content (AvgIpc) is 2.36. The molecular weight excluding hydrogens is 260 g/mol. The van der Waals surface area contributed by atoms with Crippen LogP contribution in [-0.4, -0.2) is 13.4 Å². The Labute approximate surface area is 113 Å². The highest BCUT2D eigenvalue weighted by Crippen LogP contribution is 2.23. The van der Waals surface area contributed by atoms with Crippen LogP contribution in [0.4, 0.5) is 5.82 Å². The number of hydrogen-bond donors (Lipinski definition) is 1. The van der Waals surface area contributed by atoms with E-state index in [0.717, 1.165) is 16.7 Å². The molecule has 1 heterocycles. The van der Waals surface area contributed by atoms with Crippen LogP contribution in [-0.2, 0) is 10.0 Å². The first-order chi connectivity index (χ1) is 8.92. The van der Waals surface area contributed by atoms with E-state index in [-0.39, 0.29) is 0 Å². The van der Waals surface area contributed by atoms with Crippen LogP contribution >= 0.6 is 0 Å². The molecular formula is C14H16N2O2S. The number of hydrogen-bond acceptors (Lipinski definition) is 3. The third kappa shape index (κ3) is 2.76. The Hall–Kier alpha value is -1.88. The molecule has 0 radical (unpaired) electrons. The summed E-state index contributed by atoms with van der Waals surface area (Å²) in [5.41, 5.74) is 2.83. The molecule has 4 nitrogen and oxygen atoms in total. The molecule has 0 atom stereocenters. The lowest BCUT2D eigenvalue weighted by molar-refractivity contribution is 0.600. The van der Waals surface area contributed by atoms with Crippen LogP contribution in [0, 0.1) is 20.8 Å². The number of aryl methyl sites for hydroxylation is 1. The van der Waals surface area contributed by atoms with Crippen LogP contribution in [0.25, 0.3) is 0 Å². The number of sulfonamides is 1. The minimum Gasteiger partial charge on any atom is -0.263 e. The van der Waals surface area contributed by atoms with Crippen LogP contribution in [0.5, 0.6) is 0 Å². The van der Waals surface area contributed by atoms with E-state index in [4.69, 9.17) is 0 Å². The van der Waals surface area contributed by atoms with Gasteiger partial charge in [0.2, 0.25) is 0 Å². The fourth-order valence-electron chi connectivity index (χ4n) is 1.84. The average molecular weight is 276 g/mol. The van der Waals surface area contributed by atoms with E-state index < -0.39 is 10.0 Å². The molecule has 0 saturated carbocycles. The second-order valence-corrected chi connectivity index (χ2v) is 6.10. The molecule has 2 aromatic rings. The van der Waals surface area contributed by atoms with Crippen LogP contribution in [0.1, 0.15) is 16.7 Å². The normalized spacial score (nSPS) is 11.3. The van der Waals surface area contributed by atoms with Crippen molar-refractivity contribution in [3.05, 3.63) is 53.2 Å². The number of anilines is 1. The zero-order valence-corrected chi connectivity index (χ0v) is 12.0. The predicted molar refractivity (Wildman–Crippen MR) is 75.7 cm³/mol. The van der Waals surface area contributed by atoms with Gasteiger partial charge >= 0.3 is 0 Å². The van der Waals surface area contributed by atoms with Crippen LogP contribution in [0.3, 0.4) is 0 Å². The summed E-state index contributed by atoms with van der Waals surface area (Å²) in [7, 11) is -3.60. The summed E-state index contributed by atoms with van der Waals surface area (Å²) in [5.74, 6) is 0.320. The maximum atomic E-state index is 12.3. The summed E-state index contributed by atoms with van der Waals surface area (Å²) in [4.78, 5) is 4.26. The molecule has 0 aliphatic rings. The zero-order chi connectivity index (χ0) is 14.0. The Balaban J connectivity index is 2.44. The Morgan fingerprint density at radius 1 is 1.00 bits per heavy atom. The summed E-state index contributed by atoms with van der Waals surface area (Å²) in [5, 5.41) is 0. The van der Waals surface area contributed by atoms with Crippen LogP contribution in [0.15, 0.2) is 41.4 Å². The van der Waals surface area contributed by atoms with Gasteiger partial charge in [-0.3, -0.25) is 4.72 Å².